The molecule has 0 aliphatic rings. The Kier molecular flexibility index (Phi) is 61.7. The highest BCUT2D eigenvalue weighted by Crippen LogP contribution is 2.43. The van der Waals surface area contributed by atoms with Gasteiger partial charge in [-0.05, 0) is 32.1 Å². The van der Waals surface area contributed by atoms with Crippen LogP contribution in [0.3, 0.4) is 0 Å². The smallest absolute Gasteiger partial charge is 0.387 e. The molecule has 0 aromatic carbocycles. The predicted octanol–water partition coefficient (Wildman–Crippen LogP) is 22.7. The van der Waals surface area contributed by atoms with E-state index < -0.39 is 20.0 Å². The molecular weight excluding hydrogens is 1010 g/mol. The van der Waals surface area contributed by atoms with Crippen LogP contribution < -0.4 is 5.32 Å². The van der Waals surface area contributed by atoms with Crippen LogP contribution in [-0.2, 0) is 18.4 Å². The lowest BCUT2D eigenvalue weighted by molar-refractivity contribution is -0.870. The maximum Gasteiger partial charge on any atom is 0.472 e. The molecule has 0 bridgehead atoms. The molecule has 0 aromatic heterocycles. The van der Waals surface area contributed by atoms with Crippen molar-refractivity contribution in [3.63, 3.8) is 0 Å². The van der Waals surface area contributed by atoms with Crippen molar-refractivity contribution in [1.29, 1.82) is 0 Å². The number of amides is 1. The third-order valence-electron chi connectivity index (χ3n) is 16.7. The largest absolute Gasteiger partial charge is 0.472 e. The lowest BCUT2D eigenvalue weighted by Gasteiger charge is -2.25. The molecule has 476 valence electrons. The van der Waals surface area contributed by atoms with Crippen LogP contribution >= 0.6 is 7.82 Å². The molecule has 8 nitrogen and oxygen atoms in total. The van der Waals surface area contributed by atoms with Gasteiger partial charge in [-0.1, -0.05) is 359 Å². The number of carbonyl (C=O) groups excluding carboxylic acids is 1. The van der Waals surface area contributed by atoms with Crippen LogP contribution in [0.4, 0.5) is 0 Å². The number of hydrogen-bond acceptors (Lipinski definition) is 5. The molecule has 0 rings (SSSR count). The summed E-state index contributed by atoms with van der Waals surface area (Å²) in [6.45, 7) is 4.86. The van der Waals surface area contributed by atoms with Crippen LogP contribution in [0.5, 0.6) is 0 Å². The third-order valence-corrected chi connectivity index (χ3v) is 17.7. The number of phosphoric ester groups is 1. The molecule has 3 atom stereocenters. The quantitative estimate of drug-likeness (QED) is 0.0243. The molecule has 80 heavy (non-hydrogen) atoms. The van der Waals surface area contributed by atoms with Gasteiger partial charge >= 0.3 is 7.82 Å². The summed E-state index contributed by atoms with van der Waals surface area (Å²) in [7, 11) is 1.57. The van der Waals surface area contributed by atoms with E-state index in [-0.39, 0.29) is 19.1 Å². The molecule has 0 spiro atoms. The molecule has 0 fully saturated rings. The van der Waals surface area contributed by atoms with Crippen molar-refractivity contribution >= 4 is 13.7 Å². The van der Waals surface area contributed by atoms with Gasteiger partial charge in [0, 0.05) is 6.42 Å². The minimum atomic E-state index is -4.36. The Hall–Kier alpha value is -1.02. The molecule has 0 aliphatic carbocycles. The summed E-state index contributed by atoms with van der Waals surface area (Å²) in [5.74, 6) is -0.178. The SMILES string of the molecule is CCCCCCCCCCCCCCCCCCCCC/C=C/CC/C=C/C(O)C(COP(=O)(O)OCC[N+](C)(C)C)NC(=O)CCCCCCCCCCCCCCCCCCCCCCCCCCCCCCCCCCC. The molecule has 3 N–H and O–H groups in total. The molecule has 0 heterocycles. The second kappa shape index (κ2) is 62.5. The van der Waals surface area contributed by atoms with Crippen molar-refractivity contribution in [2.45, 2.75) is 386 Å². The van der Waals surface area contributed by atoms with Crippen molar-refractivity contribution in [3.05, 3.63) is 24.3 Å². The van der Waals surface area contributed by atoms with Gasteiger partial charge in [0.1, 0.15) is 13.2 Å². The highest BCUT2D eigenvalue weighted by atomic mass is 31.2. The first-order chi connectivity index (χ1) is 39.0. The van der Waals surface area contributed by atoms with Gasteiger partial charge in [0.2, 0.25) is 5.91 Å². The van der Waals surface area contributed by atoms with Gasteiger partial charge in [-0.15, -0.1) is 0 Å². The minimum Gasteiger partial charge on any atom is -0.387 e. The number of aliphatic hydroxyl groups excluding tert-OH is 1. The van der Waals surface area contributed by atoms with Gasteiger partial charge in [0.05, 0.1) is 39.9 Å². The lowest BCUT2D eigenvalue weighted by Crippen LogP contribution is -2.45. The Morgan fingerprint density at radius 1 is 0.412 bits per heavy atom. The molecule has 0 saturated carbocycles. The average molecular weight is 1150 g/mol. The second-order valence-corrected chi connectivity index (χ2v) is 27.4. The average Bonchev–Trinajstić information content (AvgIpc) is 3.43. The van der Waals surface area contributed by atoms with Crippen LogP contribution in [0.25, 0.3) is 0 Å². The van der Waals surface area contributed by atoms with E-state index in [9.17, 15) is 19.4 Å². The number of hydrogen-bond donors (Lipinski definition) is 3. The van der Waals surface area contributed by atoms with E-state index in [0.29, 0.717) is 17.4 Å². The molecule has 3 unspecified atom stereocenters. The molecule has 1 amide bonds. The maximum atomic E-state index is 13.0. The summed E-state index contributed by atoms with van der Waals surface area (Å²) < 4.78 is 23.8. The second-order valence-electron chi connectivity index (χ2n) is 26.0. The highest BCUT2D eigenvalue weighted by Gasteiger charge is 2.28. The van der Waals surface area contributed by atoms with Crippen LogP contribution in [0, 0.1) is 0 Å². The molecule has 0 aliphatic heterocycles. The zero-order valence-electron chi connectivity index (χ0n) is 54.6. The first-order valence-electron chi connectivity index (χ1n) is 35.7. The molecule has 9 heteroatoms. The number of carbonyl (C=O) groups is 1. The van der Waals surface area contributed by atoms with Gasteiger partial charge in [-0.25, -0.2) is 4.57 Å². The number of nitrogens with zero attached hydrogens (tertiary/aromatic N) is 1. The van der Waals surface area contributed by atoms with Crippen molar-refractivity contribution < 1.29 is 32.9 Å². The summed E-state index contributed by atoms with van der Waals surface area (Å²) in [4.78, 5) is 23.4. The van der Waals surface area contributed by atoms with Crippen LogP contribution in [0.2, 0.25) is 0 Å². The molecular formula is C71H142N2O6P+. The minimum absolute atomic E-state index is 0.0591. The van der Waals surface area contributed by atoms with E-state index in [4.69, 9.17) is 9.05 Å². The standard InChI is InChI=1S/C71H141N2O6P/c1-6-8-10-12-14-16-18-20-22-24-26-28-30-32-33-34-35-36-37-38-39-41-43-45-47-49-51-53-55-57-59-61-63-65-71(75)72-69(68-79-80(76,77)78-67-66-73(3,4)5)70(74)64-62-60-58-56-54-52-50-48-46-44-42-40-31-29-27-25-23-21-19-17-15-13-11-9-7-2/h54,56,62,64,69-70,74H,6-53,55,57-61,63,65-68H2,1-5H3,(H-,72,75,76,77)/p+1/b56-54+,64-62+. The lowest BCUT2D eigenvalue weighted by atomic mass is 10.0. The third kappa shape index (κ3) is 64.5. The fourth-order valence-electron chi connectivity index (χ4n) is 11.1. The van der Waals surface area contributed by atoms with Gasteiger partial charge in [-0.2, -0.15) is 0 Å². The van der Waals surface area contributed by atoms with Gasteiger partial charge < -0.3 is 19.8 Å². The van der Waals surface area contributed by atoms with Crippen LogP contribution in [0.15, 0.2) is 24.3 Å². The highest BCUT2D eigenvalue weighted by molar-refractivity contribution is 7.47. The predicted molar refractivity (Wildman–Crippen MR) is 351 cm³/mol. The van der Waals surface area contributed by atoms with Gasteiger partial charge in [0.15, 0.2) is 0 Å². The zero-order chi connectivity index (χ0) is 58.4. The van der Waals surface area contributed by atoms with E-state index in [2.05, 4.69) is 31.3 Å². The Balaban J connectivity index is 4.03. The summed E-state index contributed by atoms with van der Waals surface area (Å²) in [6, 6.07) is -0.862. The summed E-state index contributed by atoms with van der Waals surface area (Å²) in [6.07, 6.45) is 82.0. The van der Waals surface area contributed by atoms with E-state index >= 15 is 0 Å². The number of aliphatic hydroxyl groups is 1. The maximum absolute atomic E-state index is 13.0. The van der Waals surface area contributed by atoms with Crippen LogP contribution in [0.1, 0.15) is 373 Å². The van der Waals surface area contributed by atoms with Crippen molar-refractivity contribution in [2.24, 2.45) is 0 Å². The van der Waals surface area contributed by atoms with Crippen molar-refractivity contribution in [2.75, 3.05) is 40.9 Å². The van der Waals surface area contributed by atoms with Crippen molar-refractivity contribution in [3.8, 4) is 0 Å². The summed E-state index contributed by atoms with van der Waals surface area (Å²) in [5.41, 5.74) is 0. The number of nitrogens with one attached hydrogen (secondary N) is 1. The number of phosphoric acid groups is 1. The van der Waals surface area contributed by atoms with Crippen molar-refractivity contribution in [1.82, 2.24) is 5.32 Å². The first-order valence-corrected chi connectivity index (χ1v) is 37.2. The van der Waals surface area contributed by atoms with E-state index in [1.54, 1.807) is 6.08 Å². The van der Waals surface area contributed by atoms with E-state index in [0.717, 1.165) is 38.5 Å². The summed E-state index contributed by atoms with van der Waals surface area (Å²) in [5, 5.41) is 14.0. The van der Waals surface area contributed by atoms with Crippen LogP contribution in [-0.4, -0.2) is 73.4 Å². The van der Waals surface area contributed by atoms with Gasteiger partial charge in [0.25, 0.3) is 0 Å². The van der Waals surface area contributed by atoms with E-state index in [1.165, 1.54) is 315 Å². The Morgan fingerprint density at radius 3 is 1.00 bits per heavy atom. The number of unbranched alkanes of at least 4 members (excludes halogenated alkanes) is 52. The Labute approximate surface area is 500 Å². The summed E-state index contributed by atoms with van der Waals surface area (Å²) >= 11 is 0. The topological polar surface area (TPSA) is 105 Å². The first kappa shape index (κ1) is 79.0. The zero-order valence-corrected chi connectivity index (χ0v) is 55.5. The number of likely N-dealkylation sites (N-methyl/N-ethyl adjacent to an activating group) is 1. The number of allylic oxidation sites excluding steroid dienone is 3. The monoisotopic (exact) mass is 1150 g/mol. The Morgan fingerprint density at radius 2 is 0.688 bits per heavy atom. The normalized spacial score (nSPS) is 13.7. The van der Waals surface area contributed by atoms with E-state index in [1.807, 2.05) is 27.2 Å². The molecule has 0 radical (unpaired) electrons. The fraction of sp³-hybridized carbons (Fsp3) is 0.930. The molecule has 0 saturated heterocycles. The fourth-order valence-corrected chi connectivity index (χ4v) is 11.9. The molecule has 0 aromatic rings. The Bertz CT molecular complexity index is 1350. The number of rotatable bonds is 67. The van der Waals surface area contributed by atoms with Gasteiger partial charge in [-0.3, -0.25) is 13.8 Å². The number of quaternary nitrogens is 1.